The molecule has 0 amide bonds. The van der Waals surface area contributed by atoms with Gasteiger partial charge in [-0.3, -0.25) is 4.55 Å². The largest absolute Gasteiger partial charge is 0.465 e. The lowest BCUT2D eigenvalue weighted by Gasteiger charge is -2.16. The summed E-state index contributed by atoms with van der Waals surface area (Å²) in [7, 11) is -5.82. The fraction of sp³-hybridized carbons (Fsp3) is 0.364. The molecule has 0 aliphatic heterocycles. The summed E-state index contributed by atoms with van der Waals surface area (Å²) in [6.45, 7) is 0. The molecule has 0 spiro atoms. The summed E-state index contributed by atoms with van der Waals surface area (Å²) < 4.78 is 59.5. The first-order valence-corrected chi connectivity index (χ1v) is 6.78. The van der Waals surface area contributed by atoms with E-state index in [-0.39, 0.29) is 12.8 Å². The maximum atomic E-state index is 13.0. The number of carbonyl (C=O) groups excluding carboxylic acids is 1. The van der Waals surface area contributed by atoms with Gasteiger partial charge in [0.05, 0.1) is 0 Å². The number of rotatable bonds is 3. The second kappa shape index (κ2) is 4.53. The van der Waals surface area contributed by atoms with Gasteiger partial charge in [0, 0.05) is 12.8 Å². The molecule has 1 aromatic rings. The van der Waals surface area contributed by atoms with Crippen LogP contribution in [0.5, 0.6) is 0 Å². The van der Waals surface area contributed by atoms with Crippen molar-refractivity contribution < 1.29 is 31.3 Å². The van der Waals surface area contributed by atoms with Crippen LogP contribution in [0.1, 0.15) is 11.1 Å². The van der Waals surface area contributed by atoms with E-state index in [0.29, 0.717) is 0 Å². The van der Waals surface area contributed by atoms with Crippen LogP contribution in [0.4, 0.5) is 8.78 Å². The molecule has 0 unspecified atom stereocenters. The summed E-state index contributed by atoms with van der Waals surface area (Å²) in [4.78, 5) is 11.1. The molecule has 0 saturated carbocycles. The van der Waals surface area contributed by atoms with Crippen molar-refractivity contribution in [2.24, 2.45) is 0 Å². The van der Waals surface area contributed by atoms with E-state index in [2.05, 4.69) is 4.74 Å². The van der Waals surface area contributed by atoms with Crippen LogP contribution in [0, 0.1) is 0 Å². The lowest BCUT2D eigenvalue weighted by molar-refractivity contribution is -0.166. The topological polar surface area (TPSA) is 80.7 Å². The maximum absolute atomic E-state index is 13.0. The summed E-state index contributed by atoms with van der Waals surface area (Å²) >= 11 is 0. The molecule has 0 heterocycles. The highest BCUT2D eigenvalue weighted by Crippen LogP contribution is 2.28. The van der Waals surface area contributed by atoms with E-state index in [0.717, 1.165) is 11.1 Å². The van der Waals surface area contributed by atoms with Gasteiger partial charge >= 0.3 is 21.3 Å². The molecule has 0 radical (unpaired) electrons. The number of fused-ring (bicyclic) bond motifs is 1. The van der Waals surface area contributed by atoms with Gasteiger partial charge < -0.3 is 4.74 Å². The summed E-state index contributed by atoms with van der Waals surface area (Å²) in [6.07, 6.45) is -0.370. The van der Waals surface area contributed by atoms with Gasteiger partial charge in [0.25, 0.3) is 0 Å². The van der Waals surface area contributed by atoms with Crippen LogP contribution in [0.15, 0.2) is 24.3 Å². The van der Waals surface area contributed by atoms with Crippen molar-refractivity contribution in [2.45, 2.75) is 24.2 Å². The quantitative estimate of drug-likeness (QED) is 0.668. The number of halogens is 2. The van der Waals surface area contributed by atoms with Crippen LogP contribution in [-0.4, -0.2) is 30.3 Å². The van der Waals surface area contributed by atoms with E-state index >= 15 is 0 Å². The Kier molecular flexibility index (Phi) is 3.31. The van der Waals surface area contributed by atoms with E-state index in [1.54, 1.807) is 24.3 Å². The molecule has 1 N–H and O–H groups in total. The number of esters is 1. The average Bonchev–Trinajstić information content (AvgIpc) is 2.69. The Balaban J connectivity index is 2.08. The molecule has 0 aromatic heterocycles. The smallest absolute Gasteiger partial charge is 0.456 e. The second-order valence-corrected chi connectivity index (χ2v) is 5.66. The molecule has 1 aliphatic carbocycles. The minimum absolute atomic E-state index is 0.240. The Morgan fingerprint density at radius 3 is 2.16 bits per heavy atom. The van der Waals surface area contributed by atoms with Crippen molar-refractivity contribution in [3.63, 3.8) is 0 Å². The van der Waals surface area contributed by atoms with Gasteiger partial charge in [-0.2, -0.15) is 17.2 Å². The molecule has 0 fully saturated rings. The molecule has 2 rings (SSSR count). The van der Waals surface area contributed by atoms with Gasteiger partial charge in [-0.1, -0.05) is 24.3 Å². The lowest BCUT2D eigenvalue weighted by Crippen LogP contribution is -2.40. The van der Waals surface area contributed by atoms with Gasteiger partial charge in [-0.25, -0.2) is 4.79 Å². The van der Waals surface area contributed by atoms with Crippen molar-refractivity contribution in [1.82, 2.24) is 0 Å². The first kappa shape index (κ1) is 13.9. The van der Waals surface area contributed by atoms with Gasteiger partial charge in [-0.15, -0.1) is 0 Å². The monoisotopic (exact) mass is 292 g/mol. The molecular formula is C11H10F2O5S. The number of carbonyl (C=O) groups is 1. The second-order valence-electron chi connectivity index (χ2n) is 4.20. The Morgan fingerprint density at radius 2 is 1.74 bits per heavy atom. The van der Waals surface area contributed by atoms with Crippen molar-refractivity contribution >= 4 is 16.1 Å². The summed E-state index contributed by atoms with van der Waals surface area (Å²) in [5.74, 6) is -2.26. The zero-order valence-corrected chi connectivity index (χ0v) is 10.4. The maximum Gasteiger partial charge on any atom is 0.465 e. The van der Waals surface area contributed by atoms with Crippen molar-refractivity contribution in [1.29, 1.82) is 0 Å². The number of alkyl halides is 2. The van der Waals surface area contributed by atoms with Gasteiger partial charge in [0.2, 0.25) is 0 Å². The Bertz CT molecular complexity index is 586. The molecule has 0 saturated heterocycles. The molecule has 104 valence electrons. The first-order valence-electron chi connectivity index (χ1n) is 5.34. The molecule has 1 aromatic carbocycles. The molecule has 5 nitrogen and oxygen atoms in total. The van der Waals surface area contributed by atoms with E-state index in [9.17, 15) is 22.0 Å². The minimum Gasteiger partial charge on any atom is -0.456 e. The van der Waals surface area contributed by atoms with Crippen LogP contribution in [-0.2, 0) is 32.5 Å². The van der Waals surface area contributed by atoms with E-state index in [4.69, 9.17) is 4.55 Å². The van der Waals surface area contributed by atoms with Crippen LogP contribution >= 0.6 is 0 Å². The summed E-state index contributed by atoms with van der Waals surface area (Å²) in [6, 6.07) is 7.06. The van der Waals surface area contributed by atoms with E-state index in [1.165, 1.54) is 0 Å². The third-order valence-electron chi connectivity index (χ3n) is 2.85. The summed E-state index contributed by atoms with van der Waals surface area (Å²) in [5.41, 5.74) is 1.71. The fourth-order valence-corrected chi connectivity index (χ4v) is 2.19. The van der Waals surface area contributed by atoms with Crippen LogP contribution in [0.3, 0.4) is 0 Å². The number of hydrogen-bond donors (Lipinski definition) is 1. The van der Waals surface area contributed by atoms with Crippen molar-refractivity contribution in [3.8, 4) is 0 Å². The van der Waals surface area contributed by atoms with Crippen LogP contribution < -0.4 is 0 Å². The highest BCUT2D eigenvalue weighted by atomic mass is 32.2. The zero-order valence-electron chi connectivity index (χ0n) is 9.55. The molecule has 8 heteroatoms. The van der Waals surface area contributed by atoms with Crippen LogP contribution in [0.25, 0.3) is 0 Å². The standard InChI is InChI=1S/C11H10F2O5S/c12-11(13,19(15,16)17)10(14)18-9-5-7-3-1-2-4-8(7)6-9/h1-4,9H,5-6H2,(H,15,16,17). The van der Waals surface area contributed by atoms with Crippen molar-refractivity contribution in [3.05, 3.63) is 35.4 Å². The molecule has 0 bridgehead atoms. The minimum atomic E-state index is -5.82. The average molecular weight is 292 g/mol. The molecule has 0 atom stereocenters. The number of hydrogen-bond acceptors (Lipinski definition) is 4. The Labute approximate surface area is 107 Å². The number of ether oxygens (including phenoxy) is 1. The highest BCUT2D eigenvalue weighted by molar-refractivity contribution is 7.87. The van der Waals surface area contributed by atoms with Gasteiger partial charge in [0.15, 0.2) is 0 Å². The summed E-state index contributed by atoms with van der Waals surface area (Å²) in [5, 5.41) is -4.94. The van der Waals surface area contributed by atoms with E-state index < -0.39 is 27.4 Å². The zero-order chi connectivity index (χ0) is 14.3. The fourth-order valence-electron chi connectivity index (χ4n) is 1.93. The van der Waals surface area contributed by atoms with Crippen LogP contribution in [0.2, 0.25) is 0 Å². The lowest BCUT2D eigenvalue weighted by atomic mass is 10.1. The first-order chi connectivity index (χ1) is 8.72. The molecule has 1 aliphatic rings. The predicted octanol–water partition coefficient (Wildman–Crippen LogP) is 1.18. The van der Waals surface area contributed by atoms with Gasteiger partial charge in [-0.05, 0) is 11.1 Å². The molecule has 19 heavy (non-hydrogen) atoms. The third kappa shape index (κ3) is 2.59. The Morgan fingerprint density at radius 1 is 1.26 bits per heavy atom. The van der Waals surface area contributed by atoms with Gasteiger partial charge in [0.1, 0.15) is 6.10 Å². The SMILES string of the molecule is O=C(OC1Cc2ccccc2C1)C(F)(F)S(=O)(=O)O. The highest BCUT2D eigenvalue weighted by Gasteiger charge is 2.55. The van der Waals surface area contributed by atoms with E-state index in [1.807, 2.05) is 0 Å². The number of benzene rings is 1. The molecular weight excluding hydrogens is 282 g/mol. The third-order valence-corrected chi connectivity index (χ3v) is 3.66. The Hall–Kier alpha value is -1.54. The normalized spacial score (nSPS) is 16.2. The van der Waals surface area contributed by atoms with Crippen molar-refractivity contribution in [2.75, 3.05) is 0 Å². The predicted molar refractivity (Wildman–Crippen MR) is 60.2 cm³/mol.